The van der Waals surface area contributed by atoms with E-state index < -0.39 is 21.9 Å². The van der Waals surface area contributed by atoms with Crippen LogP contribution in [0.15, 0.2) is 18.2 Å². The van der Waals surface area contributed by atoms with Gasteiger partial charge < -0.3 is 14.4 Å². The molecule has 3 rings (SSSR count). The maximum Gasteiger partial charge on any atom is 0.302 e. The lowest BCUT2D eigenvalue weighted by Crippen LogP contribution is -2.27. The van der Waals surface area contributed by atoms with Crippen LogP contribution in [-0.2, 0) is 15.0 Å². The van der Waals surface area contributed by atoms with Crippen LogP contribution in [0.25, 0.3) is 0 Å². The number of hydrogen-bond donors (Lipinski definition) is 0. The second kappa shape index (κ2) is 5.18. The van der Waals surface area contributed by atoms with Crippen LogP contribution < -0.4 is 14.4 Å². The van der Waals surface area contributed by atoms with Crippen molar-refractivity contribution in [1.29, 1.82) is 0 Å². The maximum atomic E-state index is 12.8. The van der Waals surface area contributed by atoms with Gasteiger partial charge in [0.2, 0.25) is 5.91 Å². The van der Waals surface area contributed by atoms with Gasteiger partial charge in [0, 0.05) is 18.9 Å². The second-order valence-corrected chi connectivity index (χ2v) is 6.49. The Morgan fingerprint density at radius 1 is 1.29 bits per heavy atom. The van der Waals surface area contributed by atoms with Gasteiger partial charge in [-0.25, -0.2) is 0 Å². The van der Waals surface area contributed by atoms with Crippen LogP contribution in [0.3, 0.4) is 0 Å². The number of carbonyl (C=O) groups excluding carboxylic acids is 1. The summed E-state index contributed by atoms with van der Waals surface area (Å²) in [5.41, 5.74) is 0.538. The molecule has 0 saturated carbocycles. The number of halogens is 1. The average Bonchev–Trinajstić information content (AvgIpc) is 2.76. The summed E-state index contributed by atoms with van der Waals surface area (Å²) in [6.45, 7) is 0.975. The summed E-state index contributed by atoms with van der Waals surface area (Å²) in [7, 11) is -4.59. The standard InChI is InChI=1S/C13H14FNO5S/c14-21(17,18)8-9-6-12(16)15(7-9)10-2-1-3-11-13(10)20-5-4-19-11/h1-3,9H,4-8H2. The highest BCUT2D eigenvalue weighted by molar-refractivity contribution is 7.86. The van der Waals surface area contributed by atoms with Crippen molar-refractivity contribution >= 4 is 21.8 Å². The zero-order valence-corrected chi connectivity index (χ0v) is 11.9. The van der Waals surface area contributed by atoms with E-state index in [1.807, 2.05) is 0 Å². The van der Waals surface area contributed by atoms with E-state index >= 15 is 0 Å². The third-order valence-corrected chi connectivity index (χ3v) is 4.35. The van der Waals surface area contributed by atoms with Crippen molar-refractivity contribution in [3.63, 3.8) is 0 Å². The zero-order valence-electron chi connectivity index (χ0n) is 11.1. The fourth-order valence-corrected chi connectivity index (χ4v) is 3.46. The minimum atomic E-state index is -4.59. The second-order valence-electron chi connectivity index (χ2n) is 5.08. The largest absolute Gasteiger partial charge is 0.486 e. The molecule has 1 saturated heterocycles. The summed E-state index contributed by atoms with van der Waals surface area (Å²) >= 11 is 0. The van der Waals surface area contributed by atoms with Crippen LogP contribution in [0.5, 0.6) is 11.5 Å². The Morgan fingerprint density at radius 3 is 2.81 bits per heavy atom. The molecule has 21 heavy (non-hydrogen) atoms. The molecule has 2 heterocycles. The topological polar surface area (TPSA) is 72.9 Å². The van der Waals surface area contributed by atoms with Gasteiger partial charge in [-0.2, -0.15) is 8.42 Å². The molecule has 0 aromatic heterocycles. The zero-order chi connectivity index (χ0) is 15.0. The molecule has 1 aromatic rings. The van der Waals surface area contributed by atoms with Gasteiger partial charge in [-0.05, 0) is 12.1 Å². The predicted octanol–water partition coefficient (Wildman–Crippen LogP) is 1.11. The first-order valence-electron chi connectivity index (χ1n) is 6.55. The first-order valence-corrected chi connectivity index (χ1v) is 8.10. The van der Waals surface area contributed by atoms with E-state index in [4.69, 9.17) is 9.47 Å². The molecular formula is C13H14FNO5S. The van der Waals surface area contributed by atoms with Crippen LogP contribution in [0.2, 0.25) is 0 Å². The van der Waals surface area contributed by atoms with E-state index in [2.05, 4.69) is 0 Å². The number of ether oxygens (including phenoxy) is 2. The quantitative estimate of drug-likeness (QED) is 0.781. The van der Waals surface area contributed by atoms with E-state index in [1.54, 1.807) is 18.2 Å². The molecule has 0 radical (unpaired) electrons. The van der Waals surface area contributed by atoms with E-state index in [1.165, 1.54) is 4.90 Å². The third kappa shape index (κ3) is 2.94. The molecular weight excluding hydrogens is 301 g/mol. The van der Waals surface area contributed by atoms with Crippen LogP contribution in [0.4, 0.5) is 9.57 Å². The number of amides is 1. The van der Waals surface area contributed by atoms with Crippen LogP contribution in [0.1, 0.15) is 6.42 Å². The smallest absolute Gasteiger partial charge is 0.302 e. The number of para-hydroxylation sites is 1. The Kier molecular flexibility index (Phi) is 3.48. The van der Waals surface area contributed by atoms with E-state index in [9.17, 15) is 17.1 Å². The lowest BCUT2D eigenvalue weighted by molar-refractivity contribution is -0.117. The summed E-state index contributed by atoms with van der Waals surface area (Å²) in [6, 6.07) is 5.18. The molecule has 0 N–H and O–H groups in total. The first kappa shape index (κ1) is 14.1. The molecule has 114 valence electrons. The summed E-state index contributed by atoms with van der Waals surface area (Å²) < 4.78 is 45.2. The lowest BCUT2D eigenvalue weighted by atomic mass is 10.1. The normalized spacial score (nSPS) is 21.7. The molecule has 1 aromatic carbocycles. The molecule has 0 aliphatic carbocycles. The Hall–Kier alpha value is -1.83. The summed E-state index contributed by atoms with van der Waals surface area (Å²) in [5.74, 6) is -0.408. The summed E-state index contributed by atoms with van der Waals surface area (Å²) in [5, 5.41) is 0. The molecule has 1 fully saturated rings. The molecule has 6 nitrogen and oxygen atoms in total. The van der Waals surface area contributed by atoms with Crippen LogP contribution >= 0.6 is 0 Å². The van der Waals surface area contributed by atoms with Crippen LogP contribution in [0, 0.1) is 5.92 Å². The van der Waals surface area contributed by atoms with Gasteiger partial charge >= 0.3 is 10.2 Å². The van der Waals surface area contributed by atoms with Gasteiger partial charge in [-0.15, -0.1) is 3.89 Å². The van der Waals surface area contributed by atoms with E-state index in [-0.39, 0.29) is 18.9 Å². The van der Waals surface area contributed by atoms with Crippen LogP contribution in [-0.4, -0.2) is 39.8 Å². The van der Waals surface area contributed by atoms with Gasteiger partial charge in [-0.1, -0.05) is 6.07 Å². The molecule has 8 heteroatoms. The van der Waals surface area contributed by atoms with Gasteiger partial charge in [0.25, 0.3) is 0 Å². The van der Waals surface area contributed by atoms with Gasteiger partial charge in [0.05, 0.1) is 11.4 Å². The lowest BCUT2D eigenvalue weighted by Gasteiger charge is -2.25. The Bertz CT molecular complexity index is 675. The van der Waals surface area contributed by atoms with Gasteiger partial charge in [0.15, 0.2) is 11.5 Å². The highest BCUT2D eigenvalue weighted by Crippen LogP contribution is 2.41. The summed E-state index contributed by atoms with van der Waals surface area (Å²) in [6.07, 6.45) is 0.00761. The van der Waals surface area contributed by atoms with Gasteiger partial charge in [-0.3, -0.25) is 4.79 Å². The highest BCUT2D eigenvalue weighted by atomic mass is 32.3. The van der Waals surface area contributed by atoms with Crippen molar-refractivity contribution in [1.82, 2.24) is 0 Å². The molecule has 0 bridgehead atoms. The van der Waals surface area contributed by atoms with Crippen molar-refractivity contribution in [3.8, 4) is 11.5 Å². The molecule has 2 aliphatic rings. The van der Waals surface area contributed by atoms with Crippen molar-refractivity contribution in [2.75, 3.05) is 30.4 Å². The fourth-order valence-electron chi connectivity index (χ4n) is 2.68. The Morgan fingerprint density at radius 2 is 2.05 bits per heavy atom. The minimum absolute atomic E-state index is 0.00761. The molecule has 1 atom stereocenters. The molecule has 0 spiro atoms. The number of rotatable bonds is 3. The number of anilines is 1. The summed E-state index contributed by atoms with van der Waals surface area (Å²) in [4.78, 5) is 13.5. The molecule has 2 aliphatic heterocycles. The van der Waals surface area contributed by atoms with Crippen molar-refractivity contribution in [2.45, 2.75) is 6.42 Å². The molecule has 1 amide bonds. The first-order chi connectivity index (χ1) is 9.94. The fraction of sp³-hybridized carbons (Fsp3) is 0.462. The third-order valence-electron chi connectivity index (χ3n) is 3.48. The highest BCUT2D eigenvalue weighted by Gasteiger charge is 2.35. The number of fused-ring (bicyclic) bond motifs is 1. The Labute approximate surface area is 121 Å². The number of hydrogen-bond acceptors (Lipinski definition) is 5. The van der Waals surface area contributed by atoms with E-state index in [0.717, 1.165) is 0 Å². The van der Waals surface area contributed by atoms with Crippen molar-refractivity contribution < 1.29 is 26.6 Å². The average molecular weight is 315 g/mol. The molecule has 1 unspecified atom stereocenters. The number of carbonyl (C=O) groups is 1. The van der Waals surface area contributed by atoms with Crippen molar-refractivity contribution in [2.24, 2.45) is 5.92 Å². The van der Waals surface area contributed by atoms with Gasteiger partial charge in [0.1, 0.15) is 13.2 Å². The maximum absolute atomic E-state index is 12.8. The van der Waals surface area contributed by atoms with E-state index in [0.29, 0.717) is 30.4 Å². The Balaban J connectivity index is 1.86. The predicted molar refractivity (Wildman–Crippen MR) is 72.8 cm³/mol. The SMILES string of the molecule is O=C1CC(CS(=O)(=O)F)CN1c1cccc2c1OCCO2. The number of nitrogens with zero attached hydrogens (tertiary/aromatic N) is 1. The monoisotopic (exact) mass is 315 g/mol. The number of benzene rings is 1. The minimum Gasteiger partial charge on any atom is -0.486 e. The van der Waals surface area contributed by atoms with Crippen molar-refractivity contribution in [3.05, 3.63) is 18.2 Å².